The summed E-state index contributed by atoms with van der Waals surface area (Å²) < 4.78 is 16.7. The molecule has 0 fully saturated rings. The first kappa shape index (κ1) is 50.4. The van der Waals surface area contributed by atoms with Gasteiger partial charge in [0.2, 0.25) is 0 Å². The lowest BCUT2D eigenvalue weighted by Gasteiger charge is -2.18. The third kappa shape index (κ3) is 38.1. The van der Waals surface area contributed by atoms with Crippen LogP contribution >= 0.6 is 0 Å². The van der Waals surface area contributed by atoms with Crippen molar-refractivity contribution in [3.63, 3.8) is 0 Å². The van der Waals surface area contributed by atoms with Crippen LogP contribution in [0.15, 0.2) is 0 Å². The smallest absolute Gasteiger partial charge is 0.306 e. The lowest BCUT2D eigenvalue weighted by Crippen LogP contribution is -2.30. The zero-order valence-corrected chi connectivity index (χ0v) is 35.4. The quantitative estimate of drug-likeness (QED) is 0.0354. The molecule has 0 aromatic heterocycles. The zero-order chi connectivity index (χ0) is 38.3. The van der Waals surface area contributed by atoms with Gasteiger partial charge in [-0.25, -0.2) is 0 Å². The van der Waals surface area contributed by atoms with Gasteiger partial charge in [-0.05, 0) is 31.1 Å². The summed E-state index contributed by atoms with van der Waals surface area (Å²) in [5.41, 5.74) is 0. The normalized spacial score (nSPS) is 12.6. The highest BCUT2D eigenvalue weighted by Crippen LogP contribution is 2.17. The number of esters is 3. The van der Waals surface area contributed by atoms with Crippen molar-refractivity contribution in [3.05, 3.63) is 0 Å². The summed E-state index contributed by atoms with van der Waals surface area (Å²) in [6.45, 7) is 11.3. The minimum Gasteiger partial charge on any atom is -0.462 e. The van der Waals surface area contributed by atoms with Crippen molar-refractivity contribution in [3.8, 4) is 0 Å². The molecule has 0 aromatic carbocycles. The fourth-order valence-corrected chi connectivity index (χ4v) is 6.72. The molecule has 0 aromatic rings. The van der Waals surface area contributed by atoms with Gasteiger partial charge < -0.3 is 14.2 Å². The number of carbonyl (C=O) groups excluding carboxylic acids is 3. The second-order valence-electron chi connectivity index (χ2n) is 16.4. The monoisotopic (exact) mass is 737 g/mol. The van der Waals surface area contributed by atoms with E-state index in [1.54, 1.807) is 0 Å². The molecular formula is C46H88O6. The molecule has 6 heteroatoms. The number of ether oxygens (including phenoxy) is 3. The fourth-order valence-electron chi connectivity index (χ4n) is 6.72. The van der Waals surface area contributed by atoms with Crippen LogP contribution in [0.4, 0.5) is 0 Å². The van der Waals surface area contributed by atoms with Crippen LogP contribution in [0.3, 0.4) is 0 Å². The van der Waals surface area contributed by atoms with Crippen molar-refractivity contribution in [2.75, 3.05) is 13.2 Å². The standard InChI is InChI=1S/C46H88O6/c1-6-8-9-10-11-12-13-18-21-28-33-38-46(49)52-43(40-51-45(48)37-32-27-23-22-25-30-35-42(5)7-2)39-50-44(47)36-31-26-20-17-15-14-16-19-24-29-34-41(3)4/h41-43H,6-40H2,1-5H3/t42?,43-/m0/s1. The summed E-state index contributed by atoms with van der Waals surface area (Å²) in [5, 5.41) is 0. The van der Waals surface area contributed by atoms with Crippen molar-refractivity contribution in [1.29, 1.82) is 0 Å². The predicted octanol–water partition coefficient (Wildman–Crippen LogP) is 14.2. The Morgan fingerprint density at radius 1 is 0.404 bits per heavy atom. The zero-order valence-electron chi connectivity index (χ0n) is 35.4. The van der Waals surface area contributed by atoms with Crippen LogP contribution < -0.4 is 0 Å². The Morgan fingerprint density at radius 2 is 0.731 bits per heavy atom. The molecule has 0 aliphatic heterocycles. The minimum absolute atomic E-state index is 0.0655. The first-order valence-corrected chi connectivity index (χ1v) is 22.8. The number of carbonyl (C=O) groups is 3. The summed E-state index contributed by atoms with van der Waals surface area (Å²) in [6, 6.07) is 0. The Kier molecular flexibility index (Phi) is 37.9. The third-order valence-electron chi connectivity index (χ3n) is 10.6. The average molecular weight is 737 g/mol. The van der Waals surface area contributed by atoms with Gasteiger partial charge in [0.05, 0.1) is 0 Å². The van der Waals surface area contributed by atoms with Crippen LogP contribution in [0.1, 0.15) is 247 Å². The van der Waals surface area contributed by atoms with E-state index in [1.165, 1.54) is 135 Å². The SMILES string of the molecule is CCCCCCCCCCCCCC(=O)O[C@@H](COC(=O)CCCCCCCCCCCCC(C)C)COC(=O)CCCCCCCCC(C)CC. The molecule has 0 N–H and O–H groups in total. The molecule has 0 rings (SSSR count). The van der Waals surface area contributed by atoms with Gasteiger partial charge in [-0.2, -0.15) is 0 Å². The Morgan fingerprint density at radius 3 is 1.10 bits per heavy atom. The highest BCUT2D eigenvalue weighted by atomic mass is 16.6. The number of hydrogen-bond acceptors (Lipinski definition) is 6. The highest BCUT2D eigenvalue weighted by Gasteiger charge is 2.19. The summed E-state index contributed by atoms with van der Waals surface area (Å²) in [7, 11) is 0. The van der Waals surface area contributed by atoms with Crippen LogP contribution in [0.2, 0.25) is 0 Å². The first-order valence-electron chi connectivity index (χ1n) is 22.8. The maximum atomic E-state index is 12.7. The lowest BCUT2D eigenvalue weighted by atomic mass is 10.00. The van der Waals surface area contributed by atoms with Gasteiger partial charge in [0.15, 0.2) is 6.10 Å². The van der Waals surface area contributed by atoms with Crippen LogP contribution in [0.5, 0.6) is 0 Å². The van der Waals surface area contributed by atoms with Crippen molar-refractivity contribution in [1.82, 2.24) is 0 Å². The predicted molar refractivity (Wildman–Crippen MR) is 220 cm³/mol. The molecule has 6 nitrogen and oxygen atoms in total. The van der Waals surface area contributed by atoms with E-state index < -0.39 is 6.10 Å². The van der Waals surface area contributed by atoms with Gasteiger partial charge in [0.1, 0.15) is 13.2 Å². The molecule has 0 aliphatic carbocycles. The van der Waals surface area contributed by atoms with E-state index >= 15 is 0 Å². The second-order valence-corrected chi connectivity index (χ2v) is 16.4. The molecule has 0 aliphatic rings. The summed E-state index contributed by atoms with van der Waals surface area (Å²) in [6.07, 6.45) is 36.6. The molecular weight excluding hydrogens is 648 g/mol. The van der Waals surface area contributed by atoms with E-state index in [-0.39, 0.29) is 31.1 Å². The van der Waals surface area contributed by atoms with E-state index in [9.17, 15) is 14.4 Å². The summed E-state index contributed by atoms with van der Waals surface area (Å²) in [5.74, 6) is 0.772. The van der Waals surface area contributed by atoms with E-state index in [2.05, 4.69) is 34.6 Å². The number of rotatable bonds is 40. The number of hydrogen-bond donors (Lipinski definition) is 0. The first-order chi connectivity index (χ1) is 25.3. The third-order valence-corrected chi connectivity index (χ3v) is 10.6. The molecule has 0 radical (unpaired) electrons. The van der Waals surface area contributed by atoms with E-state index in [1.807, 2.05) is 0 Å². The van der Waals surface area contributed by atoms with Gasteiger partial charge in [0.25, 0.3) is 0 Å². The highest BCUT2D eigenvalue weighted by molar-refractivity contribution is 5.71. The molecule has 308 valence electrons. The topological polar surface area (TPSA) is 78.9 Å². The molecule has 0 bridgehead atoms. The average Bonchev–Trinajstić information content (AvgIpc) is 3.12. The maximum absolute atomic E-state index is 12.7. The van der Waals surface area contributed by atoms with Crippen molar-refractivity contribution < 1.29 is 28.6 Å². The van der Waals surface area contributed by atoms with Gasteiger partial charge in [-0.1, -0.05) is 208 Å². The molecule has 0 spiro atoms. The van der Waals surface area contributed by atoms with Gasteiger partial charge >= 0.3 is 17.9 Å². The molecule has 0 amide bonds. The Labute approximate surface area is 323 Å². The molecule has 1 unspecified atom stereocenters. The van der Waals surface area contributed by atoms with E-state index in [0.717, 1.165) is 69.6 Å². The van der Waals surface area contributed by atoms with Gasteiger partial charge in [-0.3, -0.25) is 14.4 Å². The van der Waals surface area contributed by atoms with Crippen LogP contribution in [-0.4, -0.2) is 37.2 Å². The second kappa shape index (κ2) is 39.1. The number of unbranched alkanes of at least 4 members (excludes halogenated alkanes) is 24. The van der Waals surface area contributed by atoms with Crippen LogP contribution in [0, 0.1) is 11.8 Å². The molecule has 2 atom stereocenters. The fraction of sp³-hybridized carbons (Fsp3) is 0.935. The molecule has 52 heavy (non-hydrogen) atoms. The Balaban J connectivity index is 4.34. The largest absolute Gasteiger partial charge is 0.462 e. The summed E-state index contributed by atoms with van der Waals surface area (Å²) >= 11 is 0. The molecule has 0 heterocycles. The van der Waals surface area contributed by atoms with Crippen molar-refractivity contribution in [2.24, 2.45) is 11.8 Å². The maximum Gasteiger partial charge on any atom is 0.306 e. The molecule has 0 saturated carbocycles. The van der Waals surface area contributed by atoms with Crippen molar-refractivity contribution >= 4 is 17.9 Å². The summed E-state index contributed by atoms with van der Waals surface area (Å²) in [4.78, 5) is 37.7. The van der Waals surface area contributed by atoms with Gasteiger partial charge in [0, 0.05) is 19.3 Å². The van der Waals surface area contributed by atoms with Crippen LogP contribution in [0.25, 0.3) is 0 Å². The Bertz CT molecular complexity index is 796. The molecule has 0 saturated heterocycles. The van der Waals surface area contributed by atoms with Gasteiger partial charge in [-0.15, -0.1) is 0 Å². The van der Waals surface area contributed by atoms with Crippen LogP contribution in [-0.2, 0) is 28.6 Å². The van der Waals surface area contributed by atoms with E-state index in [4.69, 9.17) is 14.2 Å². The van der Waals surface area contributed by atoms with Crippen molar-refractivity contribution in [2.45, 2.75) is 253 Å². The Hall–Kier alpha value is -1.59. The minimum atomic E-state index is -0.760. The lowest BCUT2D eigenvalue weighted by molar-refractivity contribution is -0.167. The van der Waals surface area contributed by atoms with E-state index in [0.29, 0.717) is 19.3 Å².